The van der Waals surface area contributed by atoms with E-state index in [9.17, 15) is 4.79 Å². The van der Waals surface area contributed by atoms with Gasteiger partial charge in [-0.25, -0.2) is 0 Å². The summed E-state index contributed by atoms with van der Waals surface area (Å²) in [5.74, 6) is 0.354. The molecule has 0 aromatic heterocycles. The molecule has 2 heteroatoms. The van der Waals surface area contributed by atoms with E-state index in [-0.39, 0.29) is 0 Å². The molecule has 1 aromatic carbocycles. The number of carbonyl (C=O) groups is 1. The van der Waals surface area contributed by atoms with E-state index in [1.807, 2.05) is 18.2 Å². The monoisotopic (exact) mass is 217 g/mol. The minimum absolute atomic E-state index is 0.354. The number of hydrogen-bond donors (Lipinski definition) is 1. The second-order valence-electron chi connectivity index (χ2n) is 4.43. The first-order valence-corrected chi connectivity index (χ1v) is 6.13. The van der Waals surface area contributed by atoms with Crippen molar-refractivity contribution in [1.29, 1.82) is 0 Å². The highest BCUT2D eigenvalue weighted by Gasteiger charge is 2.40. The maximum atomic E-state index is 12.2. The Morgan fingerprint density at radius 3 is 2.62 bits per heavy atom. The number of ketones is 1. The fourth-order valence-electron chi connectivity index (χ4n) is 2.65. The standard InChI is InChI=1S/C14H19NO/c1-2-15-14(11-7-6-10-13(14)16)12-8-4-3-5-9-12/h3-5,8-9,15H,2,6-7,10-11H2,1H3. The Bertz CT molecular complexity index is 356. The third kappa shape index (κ3) is 1.90. The van der Waals surface area contributed by atoms with Crippen LogP contribution in [-0.2, 0) is 10.3 Å². The molecule has 0 radical (unpaired) electrons. The summed E-state index contributed by atoms with van der Waals surface area (Å²) < 4.78 is 0. The van der Waals surface area contributed by atoms with E-state index >= 15 is 0 Å². The van der Waals surface area contributed by atoms with Crippen molar-refractivity contribution >= 4 is 5.78 Å². The molecule has 1 atom stereocenters. The lowest BCUT2D eigenvalue weighted by atomic mass is 9.75. The number of rotatable bonds is 3. The van der Waals surface area contributed by atoms with Gasteiger partial charge in [0.05, 0.1) is 0 Å². The molecule has 1 unspecified atom stereocenters. The second-order valence-corrected chi connectivity index (χ2v) is 4.43. The van der Waals surface area contributed by atoms with Crippen LogP contribution >= 0.6 is 0 Å². The van der Waals surface area contributed by atoms with Gasteiger partial charge in [-0.05, 0) is 24.9 Å². The van der Waals surface area contributed by atoms with Crippen LogP contribution in [-0.4, -0.2) is 12.3 Å². The zero-order chi connectivity index (χ0) is 11.4. The first-order chi connectivity index (χ1) is 7.79. The molecule has 1 aliphatic carbocycles. The first kappa shape index (κ1) is 11.3. The number of nitrogens with one attached hydrogen (secondary N) is 1. The normalized spacial score (nSPS) is 25.7. The van der Waals surface area contributed by atoms with E-state index in [2.05, 4.69) is 24.4 Å². The summed E-state index contributed by atoms with van der Waals surface area (Å²) in [6.45, 7) is 2.90. The second kappa shape index (κ2) is 4.79. The molecule has 0 spiro atoms. The van der Waals surface area contributed by atoms with Crippen molar-refractivity contribution in [2.75, 3.05) is 6.54 Å². The molecule has 0 amide bonds. The minimum atomic E-state index is -0.408. The summed E-state index contributed by atoms with van der Waals surface area (Å²) in [6, 6.07) is 10.1. The minimum Gasteiger partial charge on any atom is -0.302 e. The Balaban J connectivity index is 2.38. The molecule has 16 heavy (non-hydrogen) atoms. The van der Waals surface area contributed by atoms with Crippen molar-refractivity contribution < 1.29 is 4.79 Å². The highest BCUT2D eigenvalue weighted by atomic mass is 16.1. The van der Waals surface area contributed by atoms with Gasteiger partial charge in [0.1, 0.15) is 5.54 Å². The Kier molecular flexibility index (Phi) is 3.39. The molecule has 1 fully saturated rings. The Morgan fingerprint density at radius 2 is 2.00 bits per heavy atom. The molecule has 0 bridgehead atoms. The average Bonchev–Trinajstić information content (AvgIpc) is 2.34. The fraction of sp³-hybridized carbons (Fsp3) is 0.500. The molecule has 0 heterocycles. The third-order valence-corrected chi connectivity index (χ3v) is 3.43. The van der Waals surface area contributed by atoms with Gasteiger partial charge in [0, 0.05) is 6.42 Å². The highest BCUT2D eigenvalue weighted by Crippen LogP contribution is 2.34. The van der Waals surface area contributed by atoms with Crippen molar-refractivity contribution in [2.45, 2.75) is 38.1 Å². The van der Waals surface area contributed by atoms with Gasteiger partial charge in [0.2, 0.25) is 0 Å². The molecule has 2 rings (SSSR count). The summed E-state index contributed by atoms with van der Waals surface area (Å²) in [4.78, 5) is 12.2. The van der Waals surface area contributed by atoms with Crippen molar-refractivity contribution in [2.24, 2.45) is 0 Å². The molecule has 1 N–H and O–H groups in total. The maximum absolute atomic E-state index is 12.2. The predicted molar refractivity (Wildman–Crippen MR) is 65.3 cm³/mol. The van der Waals surface area contributed by atoms with Crippen LogP contribution in [0.15, 0.2) is 30.3 Å². The molecule has 86 valence electrons. The molecule has 0 aliphatic heterocycles. The van der Waals surface area contributed by atoms with Gasteiger partial charge in [-0.1, -0.05) is 43.7 Å². The average molecular weight is 217 g/mol. The van der Waals surface area contributed by atoms with Crippen molar-refractivity contribution in [3.05, 3.63) is 35.9 Å². The number of Topliss-reactive ketones (excluding diaryl/α,β-unsaturated/α-hetero) is 1. The zero-order valence-corrected chi connectivity index (χ0v) is 9.83. The lowest BCUT2D eigenvalue weighted by molar-refractivity contribution is -0.128. The Morgan fingerprint density at radius 1 is 1.25 bits per heavy atom. The van der Waals surface area contributed by atoms with Gasteiger partial charge < -0.3 is 5.32 Å². The van der Waals surface area contributed by atoms with Crippen LogP contribution in [0.3, 0.4) is 0 Å². The summed E-state index contributed by atoms with van der Waals surface area (Å²) in [5.41, 5.74) is 0.718. The van der Waals surface area contributed by atoms with E-state index in [1.165, 1.54) is 0 Å². The fourth-order valence-corrected chi connectivity index (χ4v) is 2.65. The van der Waals surface area contributed by atoms with Crippen molar-refractivity contribution in [3.8, 4) is 0 Å². The van der Waals surface area contributed by atoms with Crippen molar-refractivity contribution in [1.82, 2.24) is 5.32 Å². The summed E-state index contributed by atoms with van der Waals surface area (Å²) >= 11 is 0. The van der Waals surface area contributed by atoms with E-state index < -0.39 is 5.54 Å². The van der Waals surface area contributed by atoms with Gasteiger partial charge in [-0.2, -0.15) is 0 Å². The van der Waals surface area contributed by atoms with Gasteiger partial charge in [-0.3, -0.25) is 4.79 Å². The molecule has 0 saturated heterocycles. The topological polar surface area (TPSA) is 29.1 Å². The maximum Gasteiger partial charge on any atom is 0.157 e. The van der Waals surface area contributed by atoms with Gasteiger partial charge in [0.25, 0.3) is 0 Å². The predicted octanol–water partition coefficient (Wildman–Crippen LogP) is 2.63. The number of carbonyl (C=O) groups excluding carboxylic acids is 1. The Hall–Kier alpha value is -1.15. The van der Waals surface area contributed by atoms with E-state index in [1.54, 1.807) is 0 Å². The number of likely N-dealkylation sites (N-methyl/N-ethyl adjacent to an activating group) is 1. The lowest BCUT2D eigenvalue weighted by Crippen LogP contribution is -2.50. The summed E-state index contributed by atoms with van der Waals surface area (Å²) in [6.07, 6.45) is 3.82. The number of hydrogen-bond acceptors (Lipinski definition) is 2. The van der Waals surface area contributed by atoms with Gasteiger partial charge in [-0.15, -0.1) is 0 Å². The molecule has 1 aliphatic rings. The molecular weight excluding hydrogens is 198 g/mol. The Labute approximate surface area is 97.1 Å². The van der Waals surface area contributed by atoms with Crippen molar-refractivity contribution in [3.63, 3.8) is 0 Å². The molecule has 1 saturated carbocycles. The highest BCUT2D eigenvalue weighted by molar-refractivity contribution is 5.90. The van der Waals surface area contributed by atoms with Gasteiger partial charge in [0.15, 0.2) is 5.78 Å². The van der Waals surface area contributed by atoms with Crippen LogP contribution < -0.4 is 5.32 Å². The van der Waals surface area contributed by atoms with E-state index in [0.717, 1.165) is 31.4 Å². The third-order valence-electron chi connectivity index (χ3n) is 3.43. The summed E-state index contributed by atoms with van der Waals surface area (Å²) in [5, 5.41) is 3.41. The SMILES string of the molecule is CCNC1(c2ccccc2)CCCCC1=O. The van der Waals surface area contributed by atoms with Gasteiger partial charge >= 0.3 is 0 Å². The van der Waals surface area contributed by atoms with Crippen LogP contribution in [0.1, 0.15) is 38.2 Å². The number of benzene rings is 1. The largest absolute Gasteiger partial charge is 0.302 e. The van der Waals surface area contributed by atoms with Crippen LogP contribution in [0.4, 0.5) is 0 Å². The van der Waals surface area contributed by atoms with Crippen LogP contribution in [0.2, 0.25) is 0 Å². The first-order valence-electron chi connectivity index (χ1n) is 6.13. The molecule has 1 aromatic rings. The molecular formula is C14H19NO. The zero-order valence-electron chi connectivity index (χ0n) is 9.83. The van der Waals surface area contributed by atoms with Crippen LogP contribution in [0.25, 0.3) is 0 Å². The summed E-state index contributed by atoms with van der Waals surface area (Å²) in [7, 11) is 0. The molecule has 2 nitrogen and oxygen atoms in total. The lowest BCUT2D eigenvalue weighted by Gasteiger charge is -2.37. The smallest absolute Gasteiger partial charge is 0.157 e. The van der Waals surface area contributed by atoms with Crippen LogP contribution in [0.5, 0.6) is 0 Å². The van der Waals surface area contributed by atoms with E-state index in [4.69, 9.17) is 0 Å². The quantitative estimate of drug-likeness (QED) is 0.843. The van der Waals surface area contributed by atoms with Crippen LogP contribution in [0, 0.1) is 0 Å². The van der Waals surface area contributed by atoms with E-state index in [0.29, 0.717) is 12.2 Å².